The monoisotopic (exact) mass is 359 g/mol. The van der Waals surface area contributed by atoms with E-state index in [1.54, 1.807) is 6.26 Å². The summed E-state index contributed by atoms with van der Waals surface area (Å²) in [5.74, 6) is 0.648. The molecule has 0 unspecified atom stereocenters. The maximum Gasteiger partial charge on any atom is 0.264 e. The van der Waals surface area contributed by atoms with E-state index in [-0.39, 0.29) is 5.91 Å². The molecule has 1 aliphatic carbocycles. The Kier molecular flexibility index (Phi) is 4.53. The highest BCUT2D eigenvalue weighted by Gasteiger charge is 2.25. The van der Waals surface area contributed by atoms with E-state index >= 15 is 0 Å². The molecule has 1 amide bonds. The zero-order valence-corrected chi connectivity index (χ0v) is 14.7. The Bertz CT molecular complexity index is 787. The minimum Gasteiger partial charge on any atom is -0.462 e. The van der Waals surface area contributed by atoms with Crippen LogP contribution in [0.1, 0.15) is 37.8 Å². The molecule has 2 fully saturated rings. The maximum atomic E-state index is 12.1. The average molecular weight is 359 g/mol. The van der Waals surface area contributed by atoms with Crippen molar-refractivity contribution in [1.82, 2.24) is 10.3 Å². The second-order valence-electron chi connectivity index (χ2n) is 5.85. The Balaban J connectivity index is 1.49. The van der Waals surface area contributed by atoms with Crippen molar-refractivity contribution in [2.24, 2.45) is 4.99 Å². The van der Waals surface area contributed by atoms with Crippen LogP contribution in [0.25, 0.3) is 16.8 Å². The summed E-state index contributed by atoms with van der Waals surface area (Å²) < 4.78 is 5.35. The summed E-state index contributed by atoms with van der Waals surface area (Å²) in [7, 11) is 0. The molecule has 0 spiro atoms. The first-order valence-corrected chi connectivity index (χ1v) is 9.76. The molecular weight excluding hydrogens is 342 g/mol. The summed E-state index contributed by atoms with van der Waals surface area (Å²) in [6, 6.07) is 4.07. The number of aromatic nitrogens is 1. The first-order valence-electron chi connectivity index (χ1n) is 8.06. The number of hydrogen-bond acceptors (Lipinski definition) is 6. The van der Waals surface area contributed by atoms with Gasteiger partial charge in [-0.1, -0.05) is 19.3 Å². The largest absolute Gasteiger partial charge is 0.462 e. The molecule has 0 atom stereocenters. The van der Waals surface area contributed by atoms with Gasteiger partial charge in [0.25, 0.3) is 5.91 Å². The third-order valence-electron chi connectivity index (χ3n) is 4.06. The molecule has 0 bridgehead atoms. The molecule has 2 aromatic heterocycles. The van der Waals surface area contributed by atoms with Crippen molar-refractivity contribution in [3.05, 3.63) is 34.4 Å². The lowest BCUT2D eigenvalue weighted by molar-refractivity contribution is -0.115. The molecule has 1 saturated carbocycles. The van der Waals surface area contributed by atoms with Gasteiger partial charge in [-0.15, -0.1) is 11.3 Å². The van der Waals surface area contributed by atoms with Gasteiger partial charge in [0.1, 0.15) is 0 Å². The fourth-order valence-electron chi connectivity index (χ4n) is 2.86. The number of nitrogens with one attached hydrogen (secondary N) is 1. The first kappa shape index (κ1) is 15.7. The molecule has 1 aliphatic heterocycles. The maximum absolute atomic E-state index is 12.1. The van der Waals surface area contributed by atoms with Gasteiger partial charge in [0.2, 0.25) is 0 Å². The number of carbonyl (C=O) groups is 1. The van der Waals surface area contributed by atoms with Crippen LogP contribution in [0.4, 0.5) is 0 Å². The number of furan rings is 1. The van der Waals surface area contributed by atoms with Crippen molar-refractivity contribution in [3.8, 4) is 10.8 Å². The lowest BCUT2D eigenvalue weighted by atomic mass is 9.96. The molecule has 0 radical (unpaired) electrons. The standard InChI is InChI=1S/C17H17N3O2S2/c21-15-14(24-17(20-15)19-11-5-2-1-3-6-11)9-12-10-23-16(18-12)13-7-4-8-22-13/h4,7-11H,1-3,5-6H2,(H,19,20,21)/b14-9+. The summed E-state index contributed by atoms with van der Waals surface area (Å²) in [5, 5.41) is 6.33. The Morgan fingerprint density at radius 1 is 1.33 bits per heavy atom. The topological polar surface area (TPSA) is 67.5 Å². The van der Waals surface area contributed by atoms with E-state index in [0.29, 0.717) is 10.9 Å². The van der Waals surface area contributed by atoms with E-state index in [9.17, 15) is 4.79 Å². The van der Waals surface area contributed by atoms with Gasteiger partial charge < -0.3 is 9.73 Å². The minimum atomic E-state index is -0.0953. The Labute approximate surface area is 148 Å². The summed E-state index contributed by atoms with van der Waals surface area (Å²) in [4.78, 5) is 22.0. The lowest BCUT2D eigenvalue weighted by Crippen LogP contribution is -2.22. The molecule has 124 valence electrons. The van der Waals surface area contributed by atoms with Gasteiger partial charge in [0.05, 0.1) is 22.9 Å². The number of carbonyl (C=O) groups excluding carboxylic acids is 1. The van der Waals surface area contributed by atoms with Crippen LogP contribution in [-0.2, 0) is 4.79 Å². The van der Waals surface area contributed by atoms with Crippen molar-refractivity contribution in [2.45, 2.75) is 38.1 Å². The number of amidine groups is 1. The molecule has 24 heavy (non-hydrogen) atoms. The number of thiazole rings is 1. The molecular formula is C17H17N3O2S2. The fourth-order valence-corrected chi connectivity index (χ4v) is 4.49. The molecule has 2 aliphatic rings. The summed E-state index contributed by atoms with van der Waals surface area (Å²) in [6.45, 7) is 0. The van der Waals surface area contributed by atoms with Crippen LogP contribution in [0.5, 0.6) is 0 Å². The van der Waals surface area contributed by atoms with E-state index in [1.807, 2.05) is 23.6 Å². The smallest absolute Gasteiger partial charge is 0.264 e. The fraction of sp³-hybridized carbons (Fsp3) is 0.353. The zero-order chi connectivity index (χ0) is 16.4. The van der Waals surface area contributed by atoms with Crippen LogP contribution in [0, 0.1) is 0 Å². The van der Waals surface area contributed by atoms with Gasteiger partial charge in [-0.2, -0.15) is 0 Å². The predicted molar refractivity (Wildman–Crippen MR) is 97.8 cm³/mol. The Hall–Kier alpha value is -1.86. The van der Waals surface area contributed by atoms with Gasteiger partial charge in [-0.3, -0.25) is 9.79 Å². The van der Waals surface area contributed by atoms with Crippen LogP contribution in [0.15, 0.2) is 38.1 Å². The molecule has 5 nitrogen and oxygen atoms in total. The minimum absolute atomic E-state index is 0.0953. The summed E-state index contributed by atoms with van der Waals surface area (Å²) in [6.07, 6.45) is 9.45. The summed E-state index contributed by atoms with van der Waals surface area (Å²) >= 11 is 2.91. The van der Waals surface area contributed by atoms with E-state index in [2.05, 4.69) is 10.3 Å². The Morgan fingerprint density at radius 3 is 3.00 bits per heavy atom. The van der Waals surface area contributed by atoms with Crippen LogP contribution in [0.3, 0.4) is 0 Å². The van der Waals surface area contributed by atoms with Gasteiger partial charge in [-0.25, -0.2) is 4.98 Å². The SMILES string of the molecule is O=C1NC(=NC2CCCCC2)S/C1=C/c1csc(-c2ccco2)n1. The number of nitrogens with zero attached hydrogens (tertiary/aromatic N) is 2. The highest BCUT2D eigenvalue weighted by Crippen LogP contribution is 2.30. The third-order valence-corrected chi connectivity index (χ3v) is 5.86. The highest BCUT2D eigenvalue weighted by atomic mass is 32.2. The van der Waals surface area contributed by atoms with Crippen molar-refractivity contribution in [2.75, 3.05) is 0 Å². The Morgan fingerprint density at radius 2 is 2.21 bits per heavy atom. The predicted octanol–water partition coefficient (Wildman–Crippen LogP) is 4.30. The zero-order valence-electron chi connectivity index (χ0n) is 13.0. The van der Waals surface area contributed by atoms with Crippen molar-refractivity contribution in [1.29, 1.82) is 0 Å². The van der Waals surface area contributed by atoms with Crippen molar-refractivity contribution < 1.29 is 9.21 Å². The molecule has 3 heterocycles. The molecule has 1 N–H and O–H groups in total. The van der Waals surface area contributed by atoms with Crippen LogP contribution < -0.4 is 5.32 Å². The second kappa shape index (κ2) is 6.94. The van der Waals surface area contributed by atoms with Gasteiger partial charge >= 0.3 is 0 Å². The molecule has 1 saturated heterocycles. The van der Waals surface area contributed by atoms with E-state index < -0.39 is 0 Å². The number of hydrogen-bond donors (Lipinski definition) is 1. The van der Waals surface area contributed by atoms with Crippen molar-refractivity contribution in [3.63, 3.8) is 0 Å². The van der Waals surface area contributed by atoms with Crippen molar-refractivity contribution >= 4 is 40.2 Å². The number of amides is 1. The number of thioether (sulfide) groups is 1. The van der Waals surface area contributed by atoms with Gasteiger partial charge in [0, 0.05) is 5.38 Å². The quantitative estimate of drug-likeness (QED) is 0.830. The average Bonchev–Trinajstić information content (AvgIpc) is 3.31. The second-order valence-corrected chi connectivity index (χ2v) is 7.73. The highest BCUT2D eigenvalue weighted by molar-refractivity contribution is 8.18. The van der Waals surface area contributed by atoms with E-state index in [4.69, 9.17) is 9.41 Å². The van der Waals surface area contributed by atoms with Gasteiger partial charge in [-0.05, 0) is 42.8 Å². The van der Waals surface area contributed by atoms with E-state index in [1.165, 1.54) is 42.4 Å². The van der Waals surface area contributed by atoms with Crippen LogP contribution in [-0.4, -0.2) is 22.1 Å². The van der Waals surface area contributed by atoms with E-state index in [0.717, 1.165) is 34.5 Å². The summed E-state index contributed by atoms with van der Waals surface area (Å²) in [5.41, 5.74) is 0.767. The van der Waals surface area contributed by atoms with Crippen LogP contribution in [0.2, 0.25) is 0 Å². The lowest BCUT2D eigenvalue weighted by Gasteiger charge is -2.17. The van der Waals surface area contributed by atoms with Crippen LogP contribution >= 0.6 is 23.1 Å². The normalized spacial score (nSPS) is 22.4. The number of aliphatic imine (C=N–C) groups is 1. The molecule has 0 aromatic carbocycles. The molecule has 2 aromatic rings. The molecule has 4 rings (SSSR count). The molecule has 7 heteroatoms. The third kappa shape index (κ3) is 3.47. The first-order chi connectivity index (χ1) is 11.8. The number of rotatable bonds is 3. The van der Waals surface area contributed by atoms with Gasteiger partial charge in [0.15, 0.2) is 15.9 Å².